The second-order valence-corrected chi connectivity index (χ2v) is 14.5. The van der Waals surface area contributed by atoms with E-state index in [9.17, 15) is 0 Å². The Hall–Kier alpha value is -25.5. The Morgan fingerprint density at radius 1 is 0.0684 bits per heavy atom. The van der Waals surface area contributed by atoms with Crippen LogP contribution in [0.1, 0.15) is 6.92 Å². The molecule has 0 saturated heterocycles. The van der Waals surface area contributed by atoms with Crippen LogP contribution in [0, 0.1) is 687 Å². The van der Waals surface area contributed by atoms with Crippen LogP contribution in [0.3, 0.4) is 0 Å². The number of rotatable bonds is 0. The van der Waals surface area contributed by atoms with Crippen molar-refractivity contribution in [1.29, 1.82) is 0 Å². The highest BCUT2D eigenvalue weighted by atomic mass is 13.7. The van der Waals surface area contributed by atoms with Gasteiger partial charge in [-0.3, -0.25) is 5.92 Å². The average molecular weight is 1410 g/mol. The van der Waals surface area contributed by atoms with Crippen LogP contribution in [0.15, 0.2) is 0 Å². The van der Waals surface area contributed by atoms with Crippen LogP contribution < -0.4 is 0 Å². The molecule has 0 fully saturated rings. The lowest BCUT2D eigenvalue weighted by Gasteiger charge is -1.63. The molecule has 0 saturated carbocycles. The van der Waals surface area contributed by atoms with Crippen LogP contribution in [0.25, 0.3) is 0 Å². The molecule has 0 aliphatic heterocycles. The Morgan fingerprint density at radius 2 is 0.111 bits per heavy atom. The van der Waals surface area contributed by atoms with Gasteiger partial charge >= 0.3 is 0 Å². The molecule has 0 aliphatic rings. The van der Waals surface area contributed by atoms with Gasteiger partial charge in [0.2, 0.25) is 0 Å². The Bertz CT molecular complexity index is 8250. The lowest BCUT2D eigenvalue weighted by atomic mass is 10.4. The molecule has 0 heteroatoms. The van der Waals surface area contributed by atoms with Crippen LogP contribution >= 0.6 is 0 Å². The molecule has 0 unspecified atom stereocenters. The van der Waals surface area contributed by atoms with Gasteiger partial charge in [-0.05, 0) is 102 Å². The molecule has 0 spiro atoms. The number of hydrogen-bond donors (Lipinski definition) is 0. The lowest BCUT2D eigenvalue weighted by Crippen LogP contribution is -1.57. The van der Waals surface area contributed by atoms with Crippen LogP contribution in [0.2, 0.25) is 0 Å². The Labute approximate surface area is 689 Å². The second-order valence-electron chi connectivity index (χ2n) is 14.5. The SMILES string of the molecule is [C-]#CC#CC#CC#CC#CC#CC#CC#CC#CC#CC#CC#CC#CC#CC#CC#CC#CC#CC#CC#CC#CC#CC#CC#CC#CC#CC#CC#CC#CC#CC#CC#CC#CC#CC#CC#CC#CC#CC#CC#CC#CC#CC#CC#CC#CC#CC#CC#CC#CC#CC#CC#CC#CC#CC#CC#CC#CC#CC. The van der Waals surface area contributed by atoms with Gasteiger partial charge in [0, 0.05) is 562 Å². The van der Waals surface area contributed by atoms with Crippen LogP contribution in [0.5, 0.6) is 0 Å². The minimum absolute atomic E-state index is 1.68. The molecule has 0 aliphatic carbocycles. The van der Waals surface area contributed by atoms with Crippen LogP contribution in [0.4, 0.5) is 0 Å². The van der Waals surface area contributed by atoms with Crippen LogP contribution in [-0.2, 0) is 0 Å². The van der Waals surface area contributed by atoms with E-state index in [4.69, 9.17) is 6.42 Å². The molecule has 0 amide bonds. The summed E-state index contributed by atoms with van der Waals surface area (Å²) in [6.45, 7) is 1.68. The molecule has 0 nitrogen and oxygen atoms in total. The summed E-state index contributed by atoms with van der Waals surface area (Å²) in [4.78, 5) is 0. The molecule has 472 valence electrons. The van der Waals surface area contributed by atoms with Crippen molar-refractivity contribution < 1.29 is 0 Å². The second kappa shape index (κ2) is 90.5. The Morgan fingerprint density at radius 3 is 0.154 bits per heavy atom. The first-order valence-corrected chi connectivity index (χ1v) is 29.2. The zero-order chi connectivity index (χ0) is 83.3. The molecule has 117 heavy (non-hydrogen) atoms. The van der Waals surface area contributed by atoms with Crippen molar-refractivity contribution in [1.82, 2.24) is 0 Å². The van der Waals surface area contributed by atoms with E-state index in [-0.39, 0.29) is 0 Å². The van der Waals surface area contributed by atoms with Gasteiger partial charge < -0.3 is 6.42 Å². The highest BCUT2D eigenvalue weighted by Crippen LogP contribution is 1.69. The van der Waals surface area contributed by atoms with Gasteiger partial charge in [-0.1, -0.05) is 5.92 Å². The summed E-state index contributed by atoms with van der Waals surface area (Å²) in [5, 5.41) is 0. The predicted molar refractivity (Wildman–Crippen MR) is 456 cm³/mol. The maximum Gasteiger partial charge on any atom is 0 e. The molecular weight excluding hydrogens is 1410 g/mol. The zero-order valence-electron chi connectivity index (χ0n) is 59.0. The molecule has 0 N–H and O–H groups in total. The van der Waals surface area contributed by atoms with E-state index in [2.05, 4.69) is 675 Å². The third-order valence-corrected chi connectivity index (χ3v) is 7.19. The minimum atomic E-state index is 1.68. The fourth-order valence-corrected chi connectivity index (χ4v) is 3.56. The zero-order valence-corrected chi connectivity index (χ0v) is 59.0. The minimum Gasteiger partial charge on any atom is -0.358 e. The largest absolute Gasteiger partial charge is 0.358 e. The van der Waals surface area contributed by atoms with E-state index in [0.717, 1.165) is 0 Å². The highest BCUT2D eigenvalue weighted by molar-refractivity contribution is 5.57. The first-order chi connectivity index (χ1) is 58.4. The van der Waals surface area contributed by atoms with E-state index < -0.39 is 0 Å². The van der Waals surface area contributed by atoms with Gasteiger partial charge in [0.25, 0.3) is 0 Å². The monoisotopic (exact) mass is 1410 g/mol. The van der Waals surface area contributed by atoms with E-state index in [0.29, 0.717) is 0 Å². The molecular formula is C117H3-. The average Bonchev–Trinajstić information content (AvgIpc) is 2.46. The standard InChI is InChI=1S/C117H3/c1-3-5-7-9-11-13-15-17-19-21-23-25-27-29-31-33-35-37-39-41-43-45-47-49-51-53-55-57-59-61-63-65-67-69-71-73-75-77-79-81-83-85-87-89-91-93-95-97-99-101-103-105-107-109-111-113-115-117-116-114-112-110-108-106-104-102-100-98-96-94-92-90-88-86-84-82-80-78-76-74-72-70-68-66-64-62-60-58-56-54-52-50-48-46-44-42-40-38-36-34-32-30-28-26-24-22-20-18-16-14-12-10-8-6-4-2/h1H3/q-1. The van der Waals surface area contributed by atoms with E-state index >= 15 is 0 Å². The lowest BCUT2D eigenvalue weighted by molar-refractivity contribution is 1.92. The topological polar surface area (TPSA) is 0 Å². The fourth-order valence-electron chi connectivity index (χ4n) is 3.56. The van der Waals surface area contributed by atoms with Gasteiger partial charge in [-0.2, -0.15) is 0 Å². The summed E-state index contributed by atoms with van der Waals surface area (Å²) in [5.74, 6) is 286. The van der Waals surface area contributed by atoms with Gasteiger partial charge in [0.15, 0.2) is 0 Å². The van der Waals surface area contributed by atoms with E-state index in [1.807, 2.05) is 5.92 Å². The Balaban J connectivity index is 4.65. The van der Waals surface area contributed by atoms with Crippen molar-refractivity contribution in [3.8, 4) is 681 Å². The van der Waals surface area contributed by atoms with Gasteiger partial charge in [0.1, 0.15) is 0 Å². The summed E-state index contributed by atoms with van der Waals surface area (Å²) in [5.41, 5.74) is 0. The van der Waals surface area contributed by atoms with Crippen molar-refractivity contribution in [2.75, 3.05) is 0 Å². The molecule has 0 atom stereocenters. The maximum absolute atomic E-state index is 6.59. The summed E-state index contributed by atoms with van der Waals surface area (Å²) >= 11 is 0. The summed E-state index contributed by atoms with van der Waals surface area (Å²) in [6.07, 6.45) is 6.59. The van der Waals surface area contributed by atoms with Crippen molar-refractivity contribution in [3.05, 3.63) is 6.42 Å². The quantitative estimate of drug-likeness (QED) is 0.249. The Kier molecular flexibility index (Phi) is 70.7. The molecule has 0 rings (SSSR count). The third-order valence-electron chi connectivity index (χ3n) is 7.19. The first kappa shape index (κ1) is 91.5. The first-order valence-electron chi connectivity index (χ1n) is 29.2. The molecule has 0 bridgehead atoms. The van der Waals surface area contributed by atoms with Gasteiger partial charge in [-0.15, -0.1) is 5.92 Å². The highest BCUT2D eigenvalue weighted by Gasteiger charge is 1.69. The molecule has 0 heterocycles. The van der Waals surface area contributed by atoms with Crippen molar-refractivity contribution in [2.45, 2.75) is 6.92 Å². The van der Waals surface area contributed by atoms with Crippen molar-refractivity contribution in [2.24, 2.45) is 0 Å². The molecule has 0 aromatic heterocycles. The summed E-state index contributed by atoms with van der Waals surface area (Å²) in [7, 11) is 0. The third kappa shape index (κ3) is 90.5. The maximum atomic E-state index is 6.59. The van der Waals surface area contributed by atoms with Crippen molar-refractivity contribution >= 4 is 0 Å². The predicted octanol–water partition coefficient (Wildman–Crippen LogP) is 0.790. The van der Waals surface area contributed by atoms with E-state index in [1.54, 1.807) is 6.92 Å². The molecule has 0 aromatic carbocycles. The smallest absolute Gasteiger partial charge is 0 e. The molecule has 0 radical (unpaired) electrons. The van der Waals surface area contributed by atoms with E-state index in [1.165, 1.54) is 0 Å². The fraction of sp³-hybridized carbons (Fsp3) is 0.00855. The van der Waals surface area contributed by atoms with Crippen molar-refractivity contribution in [3.63, 3.8) is 0 Å². The normalized spacial score (nSPS) is 3.97. The van der Waals surface area contributed by atoms with Gasteiger partial charge in [0.05, 0.1) is 0 Å². The molecule has 0 aromatic rings. The van der Waals surface area contributed by atoms with Crippen LogP contribution in [-0.4, -0.2) is 0 Å². The summed E-state index contributed by atoms with van der Waals surface area (Å²) in [6, 6.07) is 0. The number of hydrogen-bond acceptors (Lipinski definition) is 0. The van der Waals surface area contributed by atoms with Gasteiger partial charge in [-0.25, -0.2) is 5.92 Å². The summed E-state index contributed by atoms with van der Waals surface area (Å²) < 4.78 is 0.